The molecule has 1 aromatic rings. The third kappa shape index (κ3) is 2.39. The number of carbonyl (C=O) groups is 1. The number of amides is 1. The summed E-state index contributed by atoms with van der Waals surface area (Å²) in [4.78, 5) is 12.4. The lowest BCUT2D eigenvalue weighted by Gasteiger charge is -2.44. The Balaban J connectivity index is 2.00. The number of nitrogens with zero attached hydrogens (tertiary/aromatic N) is 1. The summed E-state index contributed by atoms with van der Waals surface area (Å²) in [5, 5.41) is 10.3. The third-order valence-electron chi connectivity index (χ3n) is 4.86. The number of hydrogen-bond donors (Lipinski definition) is 2. The maximum atomic E-state index is 12.8. The van der Waals surface area contributed by atoms with E-state index in [1.165, 1.54) is 18.2 Å². The smallest absolute Gasteiger partial charge is 0.280 e. The Morgan fingerprint density at radius 1 is 1.35 bits per heavy atom. The van der Waals surface area contributed by atoms with Crippen molar-refractivity contribution in [2.75, 3.05) is 0 Å². The van der Waals surface area contributed by atoms with Crippen LogP contribution in [0.5, 0.6) is 0 Å². The summed E-state index contributed by atoms with van der Waals surface area (Å²) >= 11 is 0. The predicted octanol–water partition coefficient (Wildman–Crippen LogP) is 1.12. The Hall–Kier alpha value is -1.70. The molecule has 1 saturated heterocycles. The van der Waals surface area contributed by atoms with Crippen LogP contribution in [-0.4, -0.2) is 35.5 Å². The van der Waals surface area contributed by atoms with E-state index in [0.29, 0.717) is 17.3 Å². The van der Waals surface area contributed by atoms with Crippen molar-refractivity contribution in [2.45, 2.75) is 42.7 Å². The molecule has 1 aliphatic heterocycles. The first kappa shape index (κ1) is 16.2. The van der Waals surface area contributed by atoms with Crippen LogP contribution in [0.15, 0.2) is 41.8 Å². The summed E-state index contributed by atoms with van der Waals surface area (Å²) < 4.78 is 26.2. The molecule has 1 aromatic carbocycles. The Bertz CT molecular complexity index is 744. The van der Waals surface area contributed by atoms with Crippen molar-refractivity contribution in [1.82, 2.24) is 9.84 Å². The van der Waals surface area contributed by atoms with Gasteiger partial charge in [0, 0.05) is 6.42 Å². The zero-order valence-corrected chi connectivity index (χ0v) is 13.7. The van der Waals surface area contributed by atoms with Crippen LogP contribution in [0.3, 0.4) is 0 Å². The van der Waals surface area contributed by atoms with Crippen LogP contribution < -0.4 is 5.43 Å². The zero-order valence-electron chi connectivity index (χ0n) is 12.9. The van der Waals surface area contributed by atoms with Crippen LogP contribution in [0, 0.1) is 12.8 Å². The van der Waals surface area contributed by atoms with Gasteiger partial charge in [0.1, 0.15) is 0 Å². The molecule has 1 unspecified atom stereocenters. The number of nitrogens with one attached hydrogen (secondary N) is 1. The highest BCUT2D eigenvalue weighted by Gasteiger charge is 2.55. The number of aryl methyl sites for hydroxylation is 1. The zero-order chi connectivity index (χ0) is 16.8. The normalized spacial score (nSPS) is 31.0. The Labute approximate surface area is 135 Å². The average Bonchev–Trinajstić information content (AvgIpc) is 2.84. The van der Waals surface area contributed by atoms with Gasteiger partial charge >= 0.3 is 0 Å². The summed E-state index contributed by atoms with van der Waals surface area (Å²) in [6.45, 7) is 5.59. The van der Waals surface area contributed by atoms with Crippen LogP contribution in [-0.2, 0) is 14.8 Å². The lowest BCUT2D eigenvalue weighted by atomic mass is 9.82. The maximum Gasteiger partial charge on any atom is 0.280 e. The first-order chi connectivity index (χ1) is 10.8. The molecule has 1 amide bonds. The summed E-state index contributed by atoms with van der Waals surface area (Å²) in [5.74, 6) is -0.658. The van der Waals surface area contributed by atoms with Gasteiger partial charge in [-0.1, -0.05) is 23.8 Å². The van der Waals surface area contributed by atoms with Crippen molar-refractivity contribution in [3.05, 3.63) is 42.5 Å². The van der Waals surface area contributed by atoms with Crippen LogP contribution >= 0.6 is 0 Å². The molecule has 0 radical (unpaired) electrons. The molecule has 1 heterocycles. The molecule has 3 atom stereocenters. The summed E-state index contributed by atoms with van der Waals surface area (Å²) in [6, 6.07) is 6.30. The molecule has 2 fully saturated rings. The second-order valence-electron chi connectivity index (χ2n) is 6.22. The second kappa shape index (κ2) is 5.43. The minimum atomic E-state index is -4.02. The van der Waals surface area contributed by atoms with Crippen molar-refractivity contribution >= 4 is 15.9 Å². The highest BCUT2D eigenvalue weighted by molar-refractivity contribution is 7.89. The lowest BCUT2D eigenvalue weighted by molar-refractivity contribution is -0.136. The molecule has 0 spiro atoms. The number of aliphatic hydroxyl groups is 1. The fourth-order valence-corrected chi connectivity index (χ4v) is 4.75. The van der Waals surface area contributed by atoms with Gasteiger partial charge in [-0.15, -0.1) is 6.58 Å². The number of hydrogen-bond acceptors (Lipinski definition) is 5. The van der Waals surface area contributed by atoms with E-state index in [4.69, 9.17) is 0 Å². The molecule has 2 N–H and O–H groups in total. The number of rotatable bonds is 3. The van der Waals surface area contributed by atoms with E-state index < -0.39 is 27.6 Å². The Morgan fingerprint density at radius 2 is 2.00 bits per heavy atom. The molecular formula is C16H20N2O4S. The van der Waals surface area contributed by atoms with Gasteiger partial charge in [-0.2, -0.15) is 12.8 Å². The van der Waals surface area contributed by atoms with E-state index in [1.807, 2.05) is 6.92 Å². The molecule has 0 aromatic heterocycles. The van der Waals surface area contributed by atoms with Crippen LogP contribution in [0.2, 0.25) is 0 Å². The lowest BCUT2D eigenvalue weighted by Crippen LogP contribution is -2.67. The van der Waals surface area contributed by atoms with Gasteiger partial charge < -0.3 is 5.11 Å². The quantitative estimate of drug-likeness (QED) is 0.808. The molecule has 3 rings (SSSR count). The maximum absolute atomic E-state index is 12.8. The van der Waals surface area contributed by atoms with Gasteiger partial charge in [0.15, 0.2) is 0 Å². The van der Waals surface area contributed by atoms with Crippen LogP contribution in [0.25, 0.3) is 0 Å². The molecule has 124 valence electrons. The van der Waals surface area contributed by atoms with Crippen molar-refractivity contribution in [2.24, 2.45) is 5.92 Å². The second-order valence-corrected chi connectivity index (χ2v) is 8.01. The molecule has 1 aliphatic carbocycles. The number of benzene rings is 1. The number of aliphatic hydroxyl groups excluding tert-OH is 1. The highest BCUT2D eigenvalue weighted by Crippen LogP contribution is 2.42. The Morgan fingerprint density at radius 3 is 2.61 bits per heavy atom. The van der Waals surface area contributed by atoms with Crippen molar-refractivity contribution in [3.8, 4) is 0 Å². The fraction of sp³-hybridized carbons (Fsp3) is 0.438. The highest BCUT2D eigenvalue weighted by atomic mass is 32.2. The molecule has 6 nitrogen and oxygen atoms in total. The van der Waals surface area contributed by atoms with Crippen molar-refractivity contribution in [3.63, 3.8) is 0 Å². The largest absolute Gasteiger partial charge is 0.391 e. The first-order valence-electron chi connectivity index (χ1n) is 7.55. The van der Waals surface area contributed by atoms with Gasteiger partial charge in [0.05, 0.1) is 16.5 Å². The third-order valence-corrected chi connectivity index (χ3v) is 6.50. The van der Waals surface area contributed by atoms with Gasteiger partial charge in [0.2, 0.25) is 0 Å². The van der Waals surface area contributed by atoms with E-state index in [1.54, 1.807) is 12.1 Å². The number of carbonyl (C=O) groups excluding carboxylic acids is 1. The summed E-state index contributed by atoms with van der Waals surface area (Å²) in [5.41, 5.74) is 2.71. The fourth-order valence-electron chi connectivity index (χ4n) is 3.44. The minimum absolute atomic E-state index is 0.0362. The number of hydrazine groups is 1. The monoisotopic (exact) mass is 336 g/mol. The van der Waals surface area contributed by atoms with Crippen molar-refractivity contribution in [1.29, 1.82) is 0 Å². The molecule has 1 saturated carbocycles. The summed E-state index contributed by atoms with van der Waals surface area (Å²) in [6.07, 6.45) is 1.99. The van der Waals surface area contributed by atoms with Crippen LogP contribution in [0.1, 0.15) is 24.8 Å². The van der Waals surface area contributed by atoms with E-state index in [9.17, 15) is 18.3 Å². The topological polar surface area (TPSA) is 86.7 Å². The molecule has 23 heavy (non-hydrogen) atoms. The van der Waals surface area contributed by atoms with E-state index in [-0.39, 0.29) is 17.2 Å². The minimum Gasteiger partial charge on any atom is -0.391 e. The first-order valence-corrected chi connectivity index (χ1v) is 8.99. The van der Waals surface area contributed by atoms with E-state index in [2.05, 4.69) is 12.0 Å². The Kier molecular flexibility index (Phi) is 3.82. The SMILES string of the molecule is C=C[C@@]12NN(S(=O)(=O)c3ccc(C)cc3)C(=O)C[C@@H]1CCC2O. The van der Waals surface area contributed by atoms with Crippen molar-refractivity contribution < 1.29 is 18.3 Å². The molecule has 0 bridgehead atoms. The van der Waals surface area contributed by atoms with Gasteiger partial charge in [0.25, 0.3) is 15.9 Å². The van der Waals surface area contributed by atoms with E-state index in [0.717, 1.165) is 5.56 Å². The van der Waals surface area contributed by atoms with Gasteiger partial charge in [-0.3, -0.25) is 4.79 Å². The van der Waals surface area contributed by atoms with E-state index >= 15 is 0 Å². The molecular weight excluding hydrogens is 316 g/mol. The number of fused-ring (bicyclic) bond motifs is 1. The van der Waals surface area contributed by atoms with Gasteiger partial charge in [-0.25, -0.2) is 5.43 Å². The molecule has 7 heteroatoms. The predicted molar refractivity (Wildman–Crippen MR) is 84.6 cm³/mol. The van der Waals surface area contributed by atoms with Gasteiger partial charge in [-0.05, 0) is 37.8 Å². The molecule has 2 aliphatic rings. The number of sulfonamides is 1. The average molecular weight is 336 g/mol. The standard InChI is InChI=1S/C16H20N2O4S/c1-3-16-12(6-9-14(16)19)10-15(20)18(17-16)23(21,22)13-7-4-11(2)5-8-13/h3-5,7-8,12,14,17,19H,1,6,9-10H2,2H3/t12-,14?,16+/m0/s1. The van der Waals surface area contributed by atoms with Crippen LogP contribution in [0.4, 0.5) is 0 Å². The summed E-state index contributed by atoms with van der Waals surface area (Å²) in [7, 11) is -4.02.